The van der Waals surface area contributed by atoms with Crippen LogP contribution in [-0.2, 0) is 23.4 Å². The third-order valence-electron chi connectivity index (χ3n) is 6.94. The van der Waals surface area contributed by atoms with Gasteiger partial charge in [-0.3, -0.25) is 0 Å². The second-order valence-corrected chi connectivity index (χ2v) is 10.2. The number of halogens is 6. The smallest absolute Gasteiger partial charge is 0.403 e. The first kappa shape index (κ1) is 30.0. The third kappa shape index (κ3) is 6.48. The SMILES string of the molecule is CN(Cc1ccc(-n2cnc(C(F)(F)F)n2)cc1)c1cc(-c2nnc(N3CCCC3)o2)c(F)cc1C(F)(F)CC(N)C=O. The van der Waals surface area contributed by atoms with Crippen LogP contribution < -0.4 is 15.5 Å². The molecule has 5 rings (SSSR count). The van der Waals surface area contributed by atoms with Crippen molar-refractivity contribution >= 4 is 18.0 Å². The lowest BCUT2D eigenvalue weighted by molar-refractivity contribution is -0.144. The minimum absolute atomic E-state index is 0.0299. The monoisotopic (exact) mass is 608 g/mol. The molecule has 43 heavy (non-hydrogen) atoms. The van der Waals surface area contributed by atoms with E-state index in [1.54, 1.807) is 12.1 Å². The van der Waals surface area contributed by atoms with Crippen LogP contribution in [0.25, 0.3) is 17.1 Å². The van der Waals surface area contributed by atoms with Gasteiger partial charge in [-0.2, -0.15) is 13.2 Å². The van der Waals surface area contributed by atoms with E-state index in [9.17, 15) is 18.0 Å². The summed E-state index contributed by atoms with van der Waals surface area (Å²) in [6.07, 6.45) is -2.77. The van der Waals surface area contributed by atoms with Crippen molar-refractivity contribution in [2.45, 2.75) is 43.9 Å². The fourth-order valence-electron chi connectivity index (χ4n) is 4.78. The predicted octanol–water partition coefficient (Wildman–Crippen LogP) is 4.72. The molecule has 0 aliphatic carbocycles. The number of benzene rings is 2. The number of carbonyl (C=O) groups excluding carboxylic acids is 1. The van der Waals surface area contributed by atoms with Crippen molar-refractivity contribution in [1.29, 1.82) is 0 Å². The van der Waals surface area contributed by atoms with E-state index >= 15 is 13.2 Å². The van der Waals surface area contributed by atoms with E-state index in [2.05, 4.69) is 20.3 Å². The van der Waals surface area contributed by atoms with Crippen LogP contribution >= 0.6 is 0 Å². The fraction of sp³-hybridized carbons (Fsp3) is 0.370. The zero-order valence-electron chi connectivity index (χ0n) is 22.7. The highest BCUT2D eigenvalue weighted by Gasteiger charge is 2.39. The number of nitrogens with zero attached hydrogens (tertiary/aromatic N) is 7. The minimum atomic E-state index is -4.70. The quantitative estimate of drug-likeness (QED) is 0.202. The van der Waals surface area contributed by atoms with Gasteiger partial charge in [-0.25, -0.2) is 22.8 Å². The zero-order valence-corrected chi connectivity index (χ0v) is 22.7. The molecule has 0 radical (unpaired) electrons. The molecule has 0 spiro atoms. The molecule has 3 heterocycles. The van der Waals surface area contributed by atoms with Crippen LogP contribution in [0.3, 0.4) is 0 Å². The lowest BCUT2D eigenvalue weighted by Gasteiger charge is -2.28. The number of hydrogen-bond donors (Lipinski definition) is 1. The Morgan fingerprint density at radius 2 is 1.79 bits per heavy atom. The first-order valence-electron chi connectivity index (χ1n) is 13.2. The average molecular weight is 609 g/mol. The van der Waals surface area contributed by atoms with E-state index in [1.807, 2.05) is 4.90 Å². The standard InChI is InChI=1S/C27H26F6N8O2/c1-39(13-16-4-6-18(7-5-16)41-15-35-24(38-41)27(31,32)33)22-10-19(23-36-37-25(43-23)40-8-2-3-9-40)21(28)11-20(22)26(29,30)12-17(34)14-42/h4-7,10-11,14-15,17H,2-3,8-9,12-13,34H2,1H3. The third-order valence-corrected chi connectivity index (χ3v) is 6.94. The molecule has 1 fully saturated rings. The van der Waals surface area contributed by atoms with E-state index in [1.165, 1.54) is 30.1 Å². The molecule has 2 N–H and O–H groups in total. The summed E-state index contributed by atoms with van der Waals surface area (Å²) in [4.78, 5) is 17.6. The van der Waals surface area contributed by atoms with Crippen LogP contribution in [0.2, 0.25) is 0 Å². The maximum Gasteiger partial charge on any atom is 0.453 e. The molecule has 0 bridgehead atoms. The van der Waals surface area contributed by atoms with Crippen molar-refractivity contribution in [3.63, 3.8) is 0 Å². The van der Waals surface area contributed by atoms with E-state index in [0.29, 0.717) is 30.4 Å². The molecular weight excluding hydrogens is 582 g/mol. The van der Waals surface area contributed by atoms with Crippen molar-refractivity contribution in [1.82, 2.24) is 25.0 Å². The van der Waals surface area contributed by atoms with Gasteiger partial charge in [0.1, 0.15) is 18.4 Å². The van der Waals surface area contributed by atoms with Gasteiger partial charge in [-0.05, 0) is 42.7 Å². The summed E-state index contributed by atoms with van der Waals surface area (Å²) in [6.45, 7) is 1.42. The Bertz CT molecular complexity index is 1580. The second kappa shape index (κ2) is 11.7. The second-order valence-electron chi connectivity index (χ2n) is 10.2. The molecule has 1 unspecified atom stereocenters. The largest absolute Gasteiger partial charge is 0.453 e. The molecule has 4 aromatic rings. The normalized spacial score (nSPS) is 14.7. The van der Waals surface area contributed by atoms with E-state index < -0.39 is 41.8 Å². The van der Waals surface area contributed by atoms with Crippen LogP contribution in [0.5, 0.6) is 0 Å². The molecule has 10 nitrogen and oxygen atoms in total. The van der Waals surface area contributed by atoms with Gasteiger partial charge in [-0.15, -0.1) is 10.2 Å². The first-order chi connectivity index (χ1) is 20.4. The molecule has 16 heteroatoms. The Balaban J connectivity index is 1.46. The number of alkyl halides is 5. The van der Waals surface area contributed by atoms with E-state index in [0.717, 1.165) is 23.9 Å². The maximum absolute atomic E-state index is 15.4. The van der Waals surface area contributed by atoms with E-state index in [4.69, 9.17) is 10.2 Å². The number of rotatable bonds is 10. The summed E-state index contributed by atoms with van der Waals surface area (Å²) >= 11 is 0. The van der Waals surface area contributed by atoms with Crippen LogP contribution in [0.15, 0.2) is 47.1 Å². The highest BCUT2D eigenvalue weighted by Crippen LogP contribution is 2.42. The van der Waals surface area contributed by atoms with Crippen molar-refractivity contribution in [3.8, 4) is 17.1 Å². The zero-order chi connectivity index (χ0) is 30.9. The van der Waals surface area contributed by atoms with Crippen LogP contribution in [0.4, 0.5) is 38.0 Å². The number of hydrogen-bond acceptors (Lipinski definition) is 9. The summed E-state index contributed by atoms with van der Waals surface area (Å²) < 4.78 is 91.4. The molecule has 1 aliphatic rings. The van der Waals surface area contributed by atoms with Gasteiger partial charge in [0.2, 0.25) is 0 Å². The van der Waals surface area contributed by atoms with Gasteiger partial charge in [0.15, 0.2) is 0 Å². The number of anilines is 2. The predicted molar refractivity (Wildman–Crippen MR) is 142 cm³/mol. The van der Waals surface area contributed by atoms with Crippen LogP contribution in [0.1, 0.15) is 36.2 Å². The van der Waals surface area contributed by atoms with Gasteiger partial charge >= 0.3 is 12.2 Å². The fourth-order valence-corrected chi connectivity index (χ4v) is 4.78. The summed E-state index contributed by atoms with van der Waals surface area (Å²) in [5.74, 6) is -6.20. The minimum Gasteiger partial charge on any atom is -0.403 e. The summed E-state index contributed by atoms with van der Waals surface area (Å²) in [7, 11) is 1.50. The van der Waals surface area contributed by atoms with E-state index in [-0.39, 0.29) is 36.0 Å². The Labute approximate surface area is 241 Å². The molecule has 1 aliphatic heterocycles. The van der Waals surface area contributed by atoms with Gasteiger partial charge < -0.3 is 24.7 Å². The highest BCUT2D eigenvalue weighted by molar-refractivity contribution is 5.68. The van der Waals surface area contributed by atoms with Crippen molar-refractivity contribution < 1.29 is 35.6 Å². The molecular formula is C27H26F6N8O2. The lowest BCUT2D eigenvalue weighted by Crippen LogP contribution is -2.31. The Morgan fingerprint density at radius 3 is 2.42 bits per heavy atom. The molecule has 0 amide bonds. The number of nitrogens with two attached hydrogens (primary N) is 1. The van der Waals surface area contributed by atoms with Crippen molar-refractivity contribution in [3.05, 3.63) is 65.5 Å². The average Bonchev–Trinajstić information content (AvgIpc) is 3.74. The topological polar surface area (TPSA) is 119 Å². The van der Waals surface area contributed by atoms with Gasteiger partial charge in [0, 0.05) is 44.4 Å². The van der Waals surface area contributed by atoms with Crippen molar-refractivity contribution in [2.24, 2.45) is 5.73 Å². The summed E-state index contributed by atoms with van der Waals surface area (Å²) in [5, 5.41) is 11.3. The first-order valence-corrected chi connectivity index (χ1v) is 13.2. The number of aldehydes is 1. The molecule has 2 aromatic heterocycles. The van der Waals surface area contributed by atoms with Crippen LogP contribution in [-0.4, -0.2) is 57.4 Å². The molecule has 1 atom stereocenters. The van der Waals surface area contributed by atoms with Gasteiger partial charge in [0.05, 0.1) is 17.3 Å². The Hall–Kier alpha value is -4.47. The van der Waals surface area contributed by atoms with Gasteiger partial charge in [-0.1, -0.05) is 17.2 Å². The molecule has 228 valence electrons. The lowest BCUT2D eigenvalue weighted by atomic mass is 9.97. The Kier molecular flexibility index (Phi) is 8.14. The molecule has 0 saturated carbocycles. The van der Waals surface area contributed by atoms with Crippen LogP contribution in [0, 0.1) is 5.82 Å². The maximum atomic E-state index is 15.4. The highest BCUT2D eigenvalue weighted by atomic mass is 19.4. The van der Waals surface area contributed by atoms with Crippen molar-refractivity contribution in [2.75, 3.05) is 29.9 Å². The van der Waals surface area contributed by atoms with Gasteiger partial charge in [0.25, 0.3) is 17.6 Å². The molecule has 2 aromatic carbocycles. The molecule has 1 saturated heterocycles. The summed E-state index contributed by atoms with van der Waals surface area (Å²) in [5.41, 5.74) is 5.38. The number of carbonyl (C=O) groups is 1. The number of aromatic nitrogens is 5. The Morgan fingerprint density at radius 1 is 1.09 bits per heavy atom. The summed E-state index contributed by atoms with van der Waals surface area (Å²) in [6, 6.07) is 6.69.